The van der Waals surface area contributed by atoms with Gasteiger partial charge in [0.15, 0.2) is 5.03 Å². The van der Waals surface area contributed by atoms with Crippen molar-refractivity contribution in [3.63, 3.8) is 0 Å². The fourth-order valence-corrected chi connectivity index (χ4v) is 5.64. The lowest BCUT2D eigenvalue weighted by molar-refractivity contribution is -0.485. The minimum atomic E-state index is -4.26. The van der Waals surface area contributed by atoms with Gasteiger partial charge in [0, 0.05) is 24.7 Å². The maximum absolute atomic E-state index is 13.5. The number of benzene rings is 1. The molecule has 1 aromatic heterocycles. The number of hydrogen-bond donors (Lipinski definition) is 4. The van der Waals surface area contributed by atoms with Crippen molar-refractivity contribution < 1.29 is 28.1 Å². The Hall–Kier alpha value is -3.85. The number of sulfonamides is 1. The summed E-state index contributed by atoms with van der Waals surface area (Å²) in [5, 5.41) is 25.1. The lowest BCUT2D eigenvalue weighted by Crippen LogP contribution is -2.55. The molecule has 2 aromatic rings. The summed E-state index contributed by atoms with van der Waals surface area (Å²) in [6.07, 6.45) is 3.18. The van der Waals surface area contributed by atoms with Crippen LogP contribution in [-0.2, 0) is 19.6 Å². The predicted molar refractivity (Wildman–Crippen MR) is 133 cm³/mol. The van der Waals surface area contributed by atoms with E-state index in [0.29, 0.717) is 18.2 Å². The van der Waals surface area contributed by atoms with Gasteiger partial charge in [-0.05, 0) is 56.7 Å². The zero-order valence-corrected chi connectivity index (χ0v) is 21.0. The van der Waals surface area contributed by atoms with Crippen LogP contribution in [0, 0.1) is 17.0 Å². The Balaban J connectivity index is 1.87. The first kappa shape index (κ1) is 27.7. The number of piperidine rings is 1. The molecule has 0 unspecified atom stereocenters. The average Bonchev–Trinajstić information content (AvgIpc) is 2.84. The van der Waals surface area contributed by atoms with Gasteiger partial charge in [0.2, 0.25) is 15.9 Å². The standard InChI is InChI=1S/C22H29N7O7S/c1-14-12-15-6-4-9-18(19(15)25-13-14)37(35,36)27-16(7-5-10-24-22(23)26-29(33)34)20(30)28-11-3-2-8-17(28)21(31)32/h4,6,9,12-13,16-17,27H,2-3,5,7-8,10-11H2,1H3,(H,31,32)(H3,23,24,26)/t16-,17+/m0/s1. The maximum Gasteiger partial charge on any atom is 0.326 e. The number of aliphatic carboxylic acids is 1. The number of hydrogen-bond acceptors (Lipinski definition) is 7. The third-order valence-corrected chi connectivity index (χ3v) is 7.43. The van der Waals surface area contributed by atoms with E-state index in [-0.39, 0.29) is 42.8 Å². The van der Waals surface area contributed by atoms with E-state index >= 15 is 0 Å². The summed E-state index contributed by atoms with van der Waals surface area (Å²) in [6.45, 7) is 2.07. The molecule has 0 radical (unpaired) electrons. The molecule has 0 aliphatic carbocycles. The minimum absolute atomic E-state index is 0.0308. The van der Waals surface area contributed by atoms with Gasteiger partial charge >= 0.3 is 5.97 Å². The lowest BCUT2D eigenvalue weighted by atomic mass is 10.00. The number of carbonyl (C=O) groups excluding carboxylic acids is 1. The number of rotatable bonds is 10. The second kappa shape index (κ2) is 11.9. The largest absolute Gasteiger partial charge is 0.480 e. The number of likely N-dealkylation sites (tertiary alicyclic amines) is 1. The highest BCUT2D eigenvalue weighted by atomic mass is 32.2. The Kier molecular flexibility index (Phi) is 8.94. The maximum atomic E-state index is 13.5. The van der Waals surface area contributed by atoms with Gasteiger partial charge in [0.25, 0.3) is 5.96 Å². The van der Waals surface area contributed by atoms with Gasteiger partial charge in [-0.15, -0.1) is 0 Å². The first-order valence-corrected chi connectivity index (χ1v) is 13.1. The zero-order chi connectivity index (χ0) is 27.2. The fourth-order valence-electron chi connectivity index (χ4n) is 4.24. The van der Waals surface area contributed by atoms with Crippen LogP contribution in [0.2, 0.25) is 0 Å². The van der Waals surface area contributed by atoms with Gasteiger partial charge in [-0.2, -0.15) is 4.72 Å². The van der Waals surface area contributed by atoms with Crippen molar-refractivity contribution in [1.82, 2.24) is 19.9 Å². The number of carboxylic acids is 1. The summed E-state index contributed by atoms with van der Waals surface area (Å²) in [5.74, 6) is -2.26. The summed E-state index contributed by atoms with van der Waals surface area (Å²) < 4.78 is 29.3. The third-order valence-electron chi connectivity index (χ3n) is 5.93. The van der Waals surface area contributed by atoms with E-state index in [9.17, 15) is 33.2 Å². The number of nitro groups is 1. The molecule has 5 N–H and O–H groups in total. The van der Waals surface area contributed by atoms with E-state index in [1.165, 1.54) is 17.2 Å². The van der Waals surface area contributed by atoms with Gasteiger partial charge in [0.05, 0.1) is 5.52 Å². The molecule has 37 heavy (non-hydrogen) atoms. The molecule has 3 rings (SSSR count). The molecule has 14 nitrogen and oxygen atoms in total. The van der Waals surface area contributed by atoms with Gasteiger partial charge < -0.3 is 21.1 Å². The molecule has 0 spiro atoms. The van der Waals surface area contributed by atoms with E-state index in [2.05, 4.69) is 20.1 Å². The molecule has 1 amide bonds. The Morgan fingerprint density at radius 2 is 2.14 bits per heavy atom. The number of carboxylic acid groups (broad SMARTS) is 1. The van der Waals surface area contributed by atoms with Crippen LogP contribution in [0.5, 0.6) is 0 Å². The molecule has 0 saturated carbocycles. The third kappa shape index (κ3) is 7.10. The van der Waals surface area contributed by atoms with Crippen LogP contribution in [0.1, 0.15) is 37.7 Å². The zero-order valence-electron chi connectivity index (χ0n) is 20.2. The van der Waals surface area contributed by atoms with E-state index < -0.39 is 45.0 Å². The number of nitrogens with two attached hydrogens (primary N) is 1. The number of nitrogens with one attached hydrogen (secondary N) is 2. The van der Waals surface area contributed by atoms with Gasteiger partial charge in [-0.1, -0.05) is 12.1 Å². The molecular formula is C22H29N7O7S. The minimum Gasteiger partial charge on any atom is -0.480 e. The average molecular weight is 536 g/mol. The first-order valence-electron chi connectivity index (χ1n) is 11.6. The van der Waals surface area contributed by atoms with E-state index in [0.717, 1.165) is 5.56 Å². The van der Waals surface area contributed by atoms with Gasteiger partial charge in [0.1, 0.15) is 22.1 Å². The van der Waals surface area contributed by atoms with Crippen LogP contribution in [0.25, 0.3) is 10.9 Å². The molecule has 1 aliphatic rings. The van der Waals surface area contributed by atoms with Crippen LogP contribution >= 0.6 is 0 Å². The number of amides is 1. The number of hydrazone groups is 1. The molecule has 0 bridgehead atoms. The Morgan fingerprint density at radius 1 is 1.38 bits per heavy atom. The van der Waals surface area contributed by atoms with E-state index in [1.807, 2.05) is 6.92 Å². The fraction of sp³-hybridized carbons (Fsp3) is 0.455. The monoisotopic (exact) mass is 535 g/mol. The molecule has 1 aromatic carbocycles. The Bertz CT molecular complexity index is 1320. The van der Waals surface area contributed by atoms with Crippen molar-refractivity contribution >= 4 is 38.8 Å². The SMILES string of the molecule is Cc1cnc2c(S(=O)(=O)N[C@@H](CCCN/C(N)=N\[N+](=O)[O-])C(=O)N3CCCC[C@@H]3C(=O)O)cccc2c1. The van der Waals surface area contributed by atoms with Crippen molar-refractivity contribution in [1.29, 1.82) is 0 Å². The van der Waals surface area contributed by atoms with Crippen molar-refractivity contribution in [3.8, 4) is 0 Å². The summed E-state index contributed by atoms with van der Waals surface area (Å²) in [7, 11) is -4.26. The number of carbonyl (C=O) groups is 2. The number of aryl methyl sites for hydroxylation is 1. The second-order valence-corrected chi connectivity index (χ2v) is 10.4. The molecule has 1 aliphatic heterocycles. The Morgan fingerprint density at radius 3 is 2.84 bits per heavy atom. The Labute approximate surface area is 213 Å². The van der Waals surface area contributed by atoms with Crippen molar-refractivity contribution in [3.05, 3.63) is 46.1 Å². The number of nitrogens with zero attached hydrogens (tertiary/aromatic N) is 4. The molecule has 200 valence electrons. The van der Waals surface area contributed by atoms with Gasteiger partial charge in [-0.3, -0.25) is 9.78 Å². The smallest absolute Gasteiger partial charge is 0.326 e. The quantitative estimate of drug-likeness (QED) is 0.109. The van der Waals surface area contributed by atoms with Crippen molar-refractivity contribution in [2.24, 2.45) is 10.8 Å². The summed E-state index contributed by atoms with van der Waals surface area (Å²) in [5.41, 5.74) is 6.48. The number of aromatic nitrogens is 1. The second-order valence-electron chi connectivity index (χ2n) is 8.69. The highest BCUT2D eigenvalue weighted by Crippen LogP contribution is 2.24. The topological polar surface area (TPSA) is 210 Å². The number of fused-ring (bicyclic) bond motifs is 1. The lowest BCUT2D eigenvalue weighted by Gasteiger charge is -2.35. The van der Waals surface area contributed by atoms with E-state index in [4.69, 9.17) is 5.73 Å². The molecule has 2 heterocycles. The molecule has 2 atom stereocenters. The summed E-state index contributed by atoms with van der Waals surface area (Å²) >= 11 is 0. The summed E-state index contributed by atoms with van der Waals surface area (Å²) in [4.78, 5) is 41.0. The number of pyridine rings is 1. The van der Waals surface area contributed by atoms with E-state index in [1.54, 1.807) is 18.2 Å². The van der Waals surface area contributed by atoms with Crippen molar-refractivity contribution in [2.75, 3.05) is 13.1 Å². The normalized spacial score (nSPS) is 17.4. The van der Waals surface area contributed by atoms with Gasteiger partial charge in [-0.25, -0.2) is 23.3 Å². The van der Waals surface area contributed by atoms with Crippen LogP contribution < -0.4 is 15.8 Å². The molecular weight excluding hydrogens is 506 g/mol. The molecule has 15 heteroatoms. The molecule has 1 saturated heterocycles. The highest BCUT2D eigenvalue weighted by Gasteiger charge is 2.37. The van der Waals surface area contributed by atoms with Crippen LogP contribution in [-0.4, -0.2) is 71.4 Å². The van der Waals surface area contributed by atoms with Crippen LogP contribution in [0.15, 0.2) is 40.5 Å². The predicted octanol–water partition coefficient (Wildman–Crippen LogP) is 0.532. The molecule has 1 fully saturated rings. The first-order chi connectivity index (χ1) is 17.5. The number of para-hydroxylation sites is 1. The van der Waals surface area contributed by atoms with Crippen molar-refractivity contribution in [2.45, 2.75) is 56.0 Å². The van der Waals surface area contributed by atoms with Crippen LogP contribution in [0.4, 0.5) is 0 Å². The highest BCUT2D eigenvalue weighted by molar-refractivity contribution is 7.89. The summed E-state index contributed by atoms with van der Waals surface area (Å²) in [6, 6.07) is 4.12. The van der Waals surface area contributed by atoms with Crippen LogP contribution in [0.3, 0.4) is 0 Å². The number of guanidine groups is 1.